The topological polar surface area (TPSA) is 98.6 Å². The van der Waals surface area contributed by atoms with E-state index in [0.717, 1.165) is 11.1 Å². The molecule has 1 saturated heterocycles. The van der Waals surface area contributed by atoms with Gasteiger partial charge in [0.1, 0.15) is 0 Å². The number of benzene rings is 1. The van der Waals surface area contributed by atoms with Crippen LogP contribution in [0.2, 0.25) is 0 Å². The molecule has 0 spiro atoms. The van der Waals surface area contributed by atoms with Crippen molar-refractivity contribution < 1.29 is 19.1 Å². The third kappa shape index (κ3) is 3.71. The molecular formula is C21H23N5O4. The Morgan fingerprint density at radius 2 is 2.10 bits per heavy atom. The molecular weight excluding hydrogens is 386 g/mol. The number of morpholine rings is 1. The number of aromatic nitrogens is 3. The van der Waals surface area contributed by atoms with E-state index >= 15 is 0 Å². The molecule has 0 aliphatic carbocycles. The summed E-state index contributed by atoms with van der Waals surface area (Å²) >= 11 is 0. The molecule has 3 heterocycles. The second-order valence-electron chi connectivity index (χ2n) is 7.10. The maximum atomic E-state index is 13.3. The van der Waals surface area contributed by atoms with Crippen LogP contribution in [0.25, 0.3) is 10.9 Å². The molecule has 9 nitrogen and oxygen atoms in total. The van der Waals surface area contributed by atoms with Gasteiger partial charge in [0, 0.05) is 25.0 Å². The highest BCUT2D eigenvalue weighted by molar-refractivity contribution is 6.06. The zero-order valence-corrected chi connectivity index (χ0v) is 17.1. The molecule has 156 valence electrons. The van der Waals surface area contributed by atoms with Crippen LogP contribution < -0.4 is 10.1 Å². The molecule has 1 atom stereocenters. The van der Waals surface area contributed by atoms with Crippen molar-refractivity contribution in [3.63, 3.8) is 0 Å². The molecule has 1 aromatic carbocycles. The number of carbonyl (C=O) groups excluding carboxylic acids is 2. The van der Waals surface area contributed by atoms with Gasteiger partial charge < -0.3 is 19.7 Å². The number of ether oxygens (including phenoxy) is 2. The van der Waals surface area contributed by atoms with Gasteiger partial charge in [0.25, 0.3) is 11.8 Å². The summed E-state index contributed by atoms with van der Waals surface area (Å²) in [5, 5.41) is 7.69. The van der Waals surface area contributed by atoms with Crippen LogP contribution in [-0.2, 0) is 16.6 Å². The molecule has 3 aromatic rings. The standard InChI is InChI=1S/C21H23N5O4/c1-13-17(11-22-25(13)2)24-20(27)18-12-26(8-9-30-18)21(28)15-10-19(29-3)23-16-7-5-4-6-14(15)16/h4-7,10-11,18H,8-9,12H2,1-3H3,(H,24,27). The predicted molar refractivity (Wildman–Crippen MR) is 111 cm³/mol. The van der Waals surface area contributed by atoms with Crippen LogP contribution in [0.4, 0.5) is 5.69 Å². The Bertz CT molecular complexity index is 1110. The van der Waals surface area contributed by atoms with Gasteiger partial charge in [-0.2, -0.15) is 5.10 Å². The van der Waals surface area contributed by atoms with Crippen LogP contribution in [0.3, 0.4) is 0 Å². The van der Waals surface area contributed by atoms with Crippen LogP contribution in [-0.4, -0.2) is 64.4 Å². The third-order valence-electron chi connectivity index (χ3n) is 5.27. The van der Waals surface area contributed by atoms with E-state index < -0.39 is 6.10 Å². The largest absolute Gasteiger partial charge is 0.481 e. The molecule has 2 amide bonds. The van der Waals surface area contributed by atoms with Gasteiger partial charge in [-0.15, -0.1) is 0 Å². The number of methoxy groups -OCH3 is 1. The Morgan fingerprint density at radius 1 is 1.30 bits per heavy atom. The average molecular weight is 409 g/mol. The van der Waals surface area contributed by atoms with E-state index in [1.54, 1.807) is 28.9 Å². The van der Waals surface area contributed by atoms with Crippen LogP contribution in [0.5, 0.6) is 5.88 Å². The Kier molecular flexibility index (Phi) is 5.37. The number of rotatable bonds is 4. The number of nitrogens with zero attached hydrogens (tertiary/aromatic N) is 4. The third-order valence-corrected chi connectivity index (χ3v) is 5.27. The van der Waals surface area contributed by atoms with Gasteiger partial charge in [-0.1, -0.05) is 18.2 Å². The lowest BCUT2D eigenvalue weighted by Crippen LogP contribution is -2.50. The van der Waals surface area contributed by atoms with E-state index in [-0.39, 0.29) is 25.0 Å². The fourth-order valence-electron chi connectivity index (χ4n) is 3.43. The van der Waals surface area contributed by atoms with Crippen LogP contribution in [0.15, 0.2) is 36.5 Å². The second-order valence-corrected chi connectivity index (χ2v) is 7.10. The first-order chi connectivity index (χ1) is 14.5. The minimum absolute atomic E-state index is 0.156. The maximum absolute atomic E-state index is 13.3. The minimum atomic E-state index is -0.766. The highest BCUT2D eigenvalue weighted by atomic mass is 16.5. The Morgan fingerprint density at radius 3 is 2.83 bits per heavy atom. The molecule has 9 heteroatoms. The first-order valence-electron chi connectivity index (χ1n) is 9.62. The first-order valence-corrected chi connectivity index (χ1v) is 9.62. The molecule has 0 radical (unpaired) electrons. The number of aryl methyl sites for hydroxylation is 1. The van der Waals surface area contributed by atoms with E-state index in [4.69, 9.17) is 9.47 Å². The number of nitrogens with one attached hydrogen (secondary N) is 1. The SMILES string of the molecule is COc1cc(C(=O)N2CCOC(C(=O)Nc3cnn(C)c3C)C2)c2ccccc2n1. The molecule has 0 saturated carbocycles. The second kappa shape index (κ2) is 8.11. The van der Waals surface area contributed by atoms with Gasteiger partial charge in [-0.3, -0.25) is 14.3 Å². The summed E-state index contributed by atoms with van der Waals surface area (Å²) in [6, 6.07) is 9.04. The van der Waals surface area contributed by atoms with E-state index in [1.807, 2.05) is 31.2 Å². The van der Waals surface area contributed by atoms with Crippen molar-refractivity contribution >= 4 is 28.4 Å². The van der Waals surface area contributed by atoms with Gasteiger partial charge in [-0.25, -0.2) is 4.98 Å². The summed E-state index contributed by atoms with van der Waals surface area (Å²) in [6.45, 7) is 2.69. The summed E-state index contributed by atoms with van der Waals surface area (Å²) in [5.41, 5.74) is 2.62. The Labute approximate surface area is 173 Å². The van der Waals surface area contributed by atoms with Crippen molar-refractivity contribution in [3.8, 4) is 5.88 Å². The summed E-state index contributed by atoms with van der Waals surface area (Å²) in [7, 11) is 3.32. The molecule has 2 aromatic heterocycles. The van der Waals surface area contributed by atoms with Crippen molar-refractivity contribution in [3.05, 3.63) is 47.8 Å². The minimum Gasteiger partial charge on any atom is -0.481 e. The lowest BCUT2D eigenvalue weighted by Gasteiger charge is -2.32. The first kappa shape index (κ1) is 19.8. The van der Waals surface area contributed by atoms with E-state index in [0.29, 0.717) is 29.2 Å². The van der Waals surface area contributed by atoms with Crippen molar-refractivity contribution in [2.45, 2.75) is 13.0 Å². The summed E-state index contributed by atoms with van der Waals surface area (Å²) in [5.74, 6) is -0.127. The number of anilines is 1. The van der Waals surface area contributed by atoms with Crippen molar-refractivity contribution in [2.24, 2.45) is 7.05 Å². The molecule has 1 aliphatic heterocycles. The lowest BCUT2D eigenvalue weighted by molar-refractivity contribution is -0.131. The van der Waals surface area contributed by atoms with Crippen molar-refractivity contribution in [2.75, 3.05) is 32.1 Å². The van der Waals surface area contributed by atoms with E-state index in [1.165, 1.54) is 7.11 Å². The number of amides is 2. The smallest absolute Gasteiger partial charge is 0.255 e. The van der Waals surface area contributed by atoms with Gasteiger partial charge in [-0.05, 0) is 13.0 Å². The summed E-state index contributed by atoms with van der Waals surface area (Å²) in [4.78, 5) is 32.0. The molecule has 0 bridgehead atoms. The lowest BCUT2D eigenvalue weighted by atomic mass is 10.1. The van der Waals surface area contributed by atoms with Crippen LogP contribution in [0.1, 0.15) is 16.1 Å². The zero-order chi connectivity index (χ0) is 21.3. The molecule has 30 heavy (non-hydrogen) atoms. The van der Waals surface area contributed by atoms with Gasteiger partial charge in [0.2, 0.25) is 5.88 Å². The number of hydrogen-bond acceptors (Lipinski definition) is 6. The highest BCUT2D eigenvalue weighted by Crippen LogP contribution is 2.24. The van der Waals surface area contributed by atoms with Crippen molar-refractivity contribution in [1.29, 1.82) is 0 Å². The number of hydrogen-bond donors (Lipinski definition) is 1. The van der Waals surface area contributed by atoms with Crippen LogP contribution >= 0.6 is 0 Å². The Balaban J connectivity index is 1.55. The van der Waals surface area contributed by atoms with E-state index in [2.05, 4.69) is 15.4 Å². The Hall–Kier alpha value is -3.46. The molecule has 4 rings (SSSR count). The molecule has 1 aliphatic rings. The quantitative estimate of drug-likeness (QED) is 0.705. The van der Waals surface area contributed by atoms with Gasteiger partial charge >= 0.3 is 0 Å². The number of carbonyl (C=O) groups is 2. The number of pyridine rings is 1. The summed E-state index contributed by atoms with van der Waals surface area (Å²) in [6.07, 6.45) is 0.825. The fourth-order valence-corrected chi connectivity index (χ4v) is 3.43. The maximum Gasteiger partial charge on any atom is 0.255 e. The van der Waals surface area contributed by atoms with Gasteiger partial charge in [0.15, 0.2) is 6.10 Å². The van der Waals surface area contributed by atoms with E-state index in [9.17, 15) is 9.59 Å². The highest BCUT2D eigenvalue weighted by Gasteiger charge is 2.31. The normalized spacial score (nSPS) is 16.5. The average Bonchev–Trinajstić information content (AvgIpc) is 3.10. The molecule has 1 N–H and O–H groups in total. The molecule has 1 unspecified atom stereocenters. The molecule has 1 fully saturated rings. The monoisotopic (exact) mass is 409 g/mol. The fraction of sp³-hybridized carbons (Fsp3) is 0.333. The van der Waals surface area contributed by atoms with Gasteiger partial charge in [0.05, 0.1) is 48.9 Å². The number of fused-ring (bicyclic) bond motifs is 1. The predicted octanol–water partition coefficient (Wildman–Crippen LogP) is 1.77. The summed E-state index contributed by atoms with van der Waals surface area (Å²) < 4.78 is 12.6. The number of para-hydroxylation sites is 1. The van der Waals surface area contributed by atoms with Crippen LogP contribution in [0, 0.1) is 6.92 Å². The van der Waals surface area contributed by atoms with Crippen molar-refractivity contribution in [1.82, 2.24) is 19.7 Å². The zero-order valence-electron chi connectivity index (χ0n) is 17.1.